The third-order valence-corrected chi connectivity index (χ3v) is 6.15. The highest BCUT2D eigenvalue weighted by atomic mass is 79.9. The van der Waals surface area contributed by atoms with Crippen molar-refractivity contribution in [2.24, 2.45) is 5.41 Å². The summed E-state index contributed by atoms with van der Waals surface area (Å²) in [4.78, 5) is 24.2. The van der Waals surface area contributed by atoms with Crippen LogP contribution < -0.4 is 10.2 Å². The van der Waals surface area contributed by atoms with E-state index < -0.39 is 23.1 Å². The van der Waals surface area contributed by atoms with Crippen LogP contribution >= 0.6 is 15.9 Å². The Morgan fingerprint density at radius 2 is 2.08 bits per heavy atom. The molecule has 0 bridgehead atoms. The van der Waals surface area contributed by atoms with E-state index in [1.54, 1.807) is 10.8 Å². The van der Waals surface area contributed by atoms with Crippen molar-refractivity contribution in [1.82, 2.24) is 4.57 Å². The molecule has 24 heavy (non-hydrogen) atoms. The number of aliphatic hydroxyl groups is 1. The molecule has 3 atom stereocenters. The maximum atomic E-state index is 12.5. The van der Waals surface area contributed by atoms with Crippen LogP contribution in [-0.2, 0) is 16.1 Å². The van der Waals surface area contributed by atoms with Crippen LogP contribution in [0.5, 0.6) is 5.75 Å². The van der Waals surface area contributed by atoms with Crippen LogP contribution in [0.25, 0.3) is 0 Å². The van der Waals surface area contributed by atoms with Gasteiger partial charge < -0.3 is 19.1 Å². The molecule has 6 nitrogen and oxygen atoms in total. The van der Waals surface area contributed by atoms with Gasteiger partial charge in [0.15, 0.2) is 11.9 Å². The van der Waals surface area contributed by atoms with E-state index >= 15 is 0 Å². The fourth-order valence-corrected chi connectivity index (χ4v) is 4.64. The third kappa shape index (κ3) is 2.40. The standard InChI is InChI=1S/C17H22BrNO5/c1-10(20)24-15-12-14(23-3)13(21)11(18)8-19(12)9-17(22)7-5-4-6-16(15,17)2/h8,15,22H,4-7,9H2,1-3H3. The highest BCUT2D eigenvalue weighted by molar-refractivity contribution is 9.10. The van der Waals surface area contributed by atoms with Gasteiger partial charge in [-0.05, 0) is 28.8 Å². The van der Waals surface area contributed by atoms with Gasteiger partial charge in [-0.3, -0.25) is 9.59 Å². The number of carbonyl (C=O) groups excluding carboxylic acids is 1. The second-order valence-electron chi connectivity index (χ2n) is 7.00. The lowest BCUT2D eigenvalue weighted by Crippen LogP contribution is -2.59. The van der Waals surface area contributed by atoms with E-state index in [0.29, 0.717) is 23.1 Å². The lowest BCUT2D eigenvalue weighted by molar-refractivity contribution is -0.204. The Morgan fingerprint density at radius 3 is 2.71 bits per heavy atom. The molecular weight excluding hydrogens is 378 g/mol. The topological polar surface area (TPSA) is 77.8 Å². The first-order valence-electron chi connectivity index (χ1n) is 8.10. The van der Waals surface area contributed by atoms with Crippen LogP contribution in [0.1, 0.15) is 51.3 Å². The zero-order valence-electron chi connectivity index (χ0n) is 14.1. The molecule has 1 saturated carbocycles. The number of carbonyl (C=O) groups is 1. The van der Waals surface area contributed by atoms with Crippen molar-refractivity contribution in [2.45, 2.75) is 57.8 Å². The number of hydrogen-bond acceptors (Lipinski definition) is 5. The minimum atomic E-state index is -1.00. The Morgan fingerprint density at radius 1 is 1.42 bits per heavy atom. The summed E-state index contributed by atoms with van der Waals surface area (Å²) in [6, 6.07) is 0. The molecule has 0 amide bonds. The second-order valence-corrected chi connectivity index (χ2v) is 7.85. The lowest BCUT2D eigenvalue weighted by atomic mass is 9.58. The first-order valence-corrected chi connectivity index (χ1v) is 8.89. The molecule has 0 spiro atoms. The number of methoxy groups -OCH3 is 1. The van der Waals surface area contributed by atoms with Crippen molar-refractivity contribution < 1.29 is 19.4 Å². The molecule has 2 heterocycles. The Balaban J connectivity index is 2.29. The number of hydrogen-bond donors (Lipinski definition) is 1. The molecule has 0 aromatic carbocycles. The van der Waals surface area contributed by atoms with Crippen molar-refractivity contribution in [1.29, 1.82) is 0 Å². The van der Waals surface area contributed by atoms with E-state index in [2.05, 4.69) is 15.9 Å². The van der Waals surface area contributed by atoms with Gasteiger partial charge in [0.2, 0.25) is 5.43 Å². The van der Waals surface area contributed by atoms with Gasteiger partial charge in [0.05, 0.1) is 23.7 Å². The van der Waals surface area contributed by atoms with Crippen LogP contribution in [0.2, 0.25) is 0 Å². The van der Waals surface area contributed by atoms with Crippen molar-refractivity contribution in [2.75, 3.05) is 7.11 Å². The Hall–Kier alpha value is -1.34. The number of esters is 1. The van der Waals surface area contributed by atoms with Gasteiger partial charge in [-0.2, -0.15) is 0 Å². The van der Waals surface area contributed by atoms with E-state index in [-0.39, 0.29) is 11.2 Å². The smallest absolute Gasteiger partial charge is 0.303 e. The van der Waals surface area contributed by atoms with Gasteiger partial charge in [-0.25, -0.2) is 0 Å². The average Bonchev–Trinajstić information content (AvgIpc) is 2.50. The summed E-state index contributed by atoms with van der Waals surface area (Å²) < 4.78 is 13.1. The number of rotatable bonds is 2. The van der Waals surface area contributed by atoms with Crippen molar-refractivity contribution in [3.63, 3.8) is 0 Å². The molecule has 0 saturated heterocycles. The summed E-state index contributed by atoms with van der Waals surface area (Å²) in [5, 5.41) is 11.4. The fraction of sp³-hybridized carbons (Fsp3) is 0.647. The van der Waals surface area contributed by atoms with Gasteiger partial charge in [0.25, 0.3) is 0 Å². The van der Waals surface area contributed by atoms with Gasteiger partial charge >= 0.3 is 5.97 Å². The molecule has 2 aliphatic rings. The van der Waals surface area contributed by atoms with Gasteiger partial charge in [-0.1, -0.05) is 19.8 Å². The maximum Gasteiger partial charge on any atom is 0.303 e. The predicted octanol–water partition coefficient (Wildman–Crippen LogP) is 2.55. The monoisotopic (exact) mass is 399 g/mol. The van der Waals surface area contributed by atoms with Gasteiger partial charge in [0.1, 0.15) is 5.69 Å². The van der Waals surface area contributed by atoms with Crippen molar-refractivity contribution in [3.05, 3.63) is 26.6 Å². The molecule has 1 aromatic rings. The Bertz CT molecular complexity index is 745. The quantitative estimate of drug-likeness (QED) is 0.773. The third-order valence-electron chi connectivity index (χ3n) is 5.58. The largest absolute Gasteiger partial charge is 0.491 e. The molecule has 3 rings (SSSR count). The van der Waals surface area contributed by atoms with E-state index in [0.717, 1.165) is 19.3 Å². The van der Waals surface area contributed by atoms with E-state index in [9.17, 15) is 14.7 Å². The Kier molecular flexibility index (Phi) is 4.28. The van der Waals surface area contributed by atoms with Crippen LogP contribution in [0.4, 0.5) is 0 Å². The SMILES string of the molecule is COc1c2n(cc(Br)c1=O)CC1(O)CCCCC1(C)C2OC(C)=O. The zero-order valence-corrected chi connectivity index (χ0v) is 15.7. The summed E-state index contributed by atoms with van der Waals surface area (Å²) in [5.41, 5.74) is -1.43. The molecule has 3 unspecified atom stereocenters. The lowest BCUT2D eigenvalue weighted by Gasteiger charge is -2.55. The summed E-state index contributed by atoms with van der Waals surface area (Å²) in [6.45, 7) is 3.62. The molecule has 132 valence electrons. The number of nitrogens with zero attached hydrogens (tertiary/aromatic N) is 1. The van der Waals surface area contributed by atoms with Crippen LogP contribution in [0, 0.1) is 5.41 Å². The molecule has 1 N–H and O–H groups in total. The molecule has 1 fully saturated rings. The highest BCUT2D eigenvalue weighted by Crippen LogP contribution is 2.57. The molecule has 1 aliphatic heterocycles. The van der Waals surface area contributed by atoms with Crippen LogP contribution in [-0.4, -0.2) is 28.4 Å². The highest BCUT2D eigenvalue weighted by Gasteiger charge is 2.59. The predicted molar refractivity (Wildman–Crippen MR) is 91.0 cm³/mol. The van der Waals surface area contributed by atoms with Crippen LogP contribution in [0.15, 0.2) is 15.5 Å². The van der Waals surface area contributed by atoms with Crippen LogP contribution in [0.3, 0.4) is 0 Å². The van der Waals surface area contributed by atoms with E-state index in [1.807, 2.05) is 6.92 Å². The van der Waals surface area contributed by atoms with E-state index in [4.69, 9.17) is 9.47 Å². The van der Waals surface area contributed by atoms with Crippen molar-refractivity contribution in [3.8, 4) is 5.75 Å². The minimum absolute atomic E-state index is 0.157. The number of halogens is 1. The summed E-state index contributed by atoms with van der Waals surface area (Å²) in [6.07, 6.45) is 4.13. The number of fused-ring (bicyclic) bond motifs is 2. The molecule has 7 heteroatoms. The molecule has 1 aromatic heterocycles. The van der Waals surface area contributed by atoms with Gasteiger partial charge in [-0.15, -0.1) is 0 Å². The summed E-state index contributed by atoms with van der Waals surface area (Å²) >= 11 is 3.25. The normalized spacial score (nSPS) is 31.8. The minimum Gasteiger partial charge on any atom is -0.491 e. The molecular formula is C17H22BrNO5. The summed E-state index contributed by atoms with van der Waals surface area (Å²) in [7, 11) is 1.43. The van der Waals surface area contributed by atoms with E-state index in [1.165, 1.54) is 14.0 Å². The van der Waals surface area contributed by atoms with Gasteiger partial charge in [0, 0.05) is 18.5 Å². The van der Waals surface area contributed by atoms with Crippen molar-refractivity contribution >= 4 is 21.9 Å². The average molecular weight is 400 g/mol. The number of aromatic nitrogens is 1. The maximum absolute atomic E-state index is 12.5. The number of ether oxygens (including phenoxy) is 2. The summed E-state index contributed by atoms with van der Waals surface area (Å²) in [5.74, 6) is -0.288. The fourth-order valence-electron chi connectivity index (χ4n) is 4.22. The Labute approximate surface area is 148 Å². The molecule has 1 aliphatic carbocycles. The first kappa shape index (κ1) is 17.5. The second kappa shape index (κ2) is 5.88. The number of pyridine rings is 1. The zero-order chi connectivity index (χ0) is 17.7. The molecule has 0 radical (unpaired) electrons. The first-order chi connectivity index (χ1) is 11.2.